The average molecular weight is 649 g/mol. The zero-order valence-corrected chi connectivity index (χ0v) is 25.3. The van der Waals surface area contributed by atoms with Gasteiger partial charge < -0.3 is 19.7 Å². The third kappa shape index (κ3) is 8.17. The van der Waals surface area contributed by atoms with Gasteiger partial charge in [0.25, 0.3) is 0 Å². The first-order valence-electron chi connectivity index (χ1n) is 13.2. The summed E-state index contributed by atoms with van der Waals surface area (Å²) in [5.74, 6) is -5.21. The summed E-state index contributed by atoms with van der Waals surface area (Å²) in [6.45, 7) is 2.20. The second-order valence-corrected chi connectivity index (χ2v) is 9.77. The predicted molar refractivity (Wildman–Crippen MR) is 155 cm³/mol. The number of carbonyl (C=O) groups excluding carboxylic acids is 3. The number of amides is 3. The number of ether oxygens (including phenoxy) is 2. The molecule has 1 fully saturated rings. The van der Waals surface area contributed by atoms with Crippen LogP contribution in [0, 0.1) is 17.5 Å². The number of nitrogens with one attached hydrogen (secondary N) is 1. The van der Waals surface area contributed by atoms with Crippen molar-refractivity contribution in [1.29, 1.82) is 0 Å². The number of likely N-dealkylation sites (tertiary alicyclic amines) is 1. The minimum Gasteiger partial charge on any atom is -0.466 e. The van der Waals surface area contributed by atoms with Crippen molar-refractivity contribution < 1.29 is 37.0 Å². The first kappa shape index (κ1) is 35.8. The fourth-order valence-electron chi connectivity index (χ4n) is 5.27. The van der Waals surface area contributed by atoms with E-state index in [0.717, 1.165) is 48.8 Å². The second-order valence-electron chi connectivity index (χ2n) is 9.77. The number of rotatable bonds is 11. The van der Waals surface area contributed by atoms with Crippen molar-refractivity contribution >= 4 is 43.2 Å². The van der Waals surface area contributed by atoms with Crippen molar-refractivity contribution in [3.8, 4) is 0 Å². The molecule has 1 atom stereocenters. The van der Waals surface area contributed by atoms with Gasteiger partial charge in [-0.2, -0.15) is 0 Å². The van der Waals surface area contributed by atoms with Crippen molar-refractivity contribution in [2.45, 2.75) is 31.2 Å². The van der Waals surface area contributed by atoms with Gasteiger partial charge >= 0.3 is 12.0 Å². The van der Waals surface area contributed by atoms with Crippen LogP contribution in [0.4, 0.5) is 18.0 Å². The number of hydrazine groups is 1. The van der Waals surface area contributed by atoms with Crippen LogP contribution in [0.3, 0.4) is 0 Å². The summed E-state index contributed by atoms with van der Waals surface area (Å²) < 4.78 is 51.8. The van der Waals surface area contributed by atoms with E-state index in [9.17, 15) is 27.6 Å². The summed E-state index contributed by atoms with van der Waals surface area (Å²) in [6, 6.07) is 5.03. The van der Waals surface area contributed by atoms with Gasteiger partial charge in [-0.05, 0) is 68.7 Å². The Morgan fingerprint density at radius 3 is 2.37 bits per heavy atom. The van der Waals surface area contributed by atoms with Gasteiger partial charge in [-0.3, -0.25) is 9.78 Å². The molecule has 0 radical (unpaired) electrons. The lowest BCUT2D eigenvalue weighted by molar-refractivity contribution is -0.138. The molecule has 1 saturated heterocycles. The maximum Gasteiger partial charge on any atom is 0.341 e. The van der Waals surface area contributed by atoms with Crippen LogP contribution in [0.2, 0.25) is 0 Å². The quantitative estimate of drug-likeness (QED) is 0.222. The number of pyridine rings is 1. The van der Waals surface area contributed by atoms with Gasteiger partial charge in [-0.25, -0.2) is 32.8 Å². The number of methoxy groups -OCH3 is 2. The summed E-state index contributed by atoms with van der Waals surface area (Å²) >= 11 is 0. The molecule has 0 saturated carbocycles. The number of esters is 1. The topological polar surface area (TPSA) is 104 Å². The highest BCUT2D eigenvalue weighted by atomic mass is 35.5. The monoisotopic (exact) mass is 647 g/mol. The van der Waals surface area contributed by atoms with Crippen LogP contribution in [0.15, 0.2) is 47.8 Å². The molecule has 2 aliphatic heterocycles. The molecule has 1 aromatic carbocycles. The molecule has 0 spiro atoms. The van der Waals surface area contributed by atoms with Gasteiger partial charge in [0.15, 0.2) is 17.5 Å². The van der Waals surface area contributed by atoms with Crippen LogP contribution >= 0.6 is 24.8 Å². The molecule has 10 nitrogen and oxygen atoms in total. The van der Waals surface area contributed by atoms with Gasteiger partial charge in [0.05, 0.1) is 31.0 Å². The molecule has 0 bridgehead atoms. The van der Waals surface area contributed by atoms with Crippen LogP contribution < -0.4 is 5.32 Å². The fraction of sp³-hybridized carbons (Fsp3) is 0.429. The first-order valence-corrected chi connectivity index (χ1v) is 13.2. The molecule has 0 aliphatic carbocycles. The first-order chi connectivity index (χ1) is 19.8. The van der Waals surface area contributed by atoms with E-state index in [0.29, 0.717) is 37.4 Å². The summed E-state index contributed by atoms with van der Waals surface area (Å²) in [7, 11) is 2.41. The Hall–Kier alpha value is -3.39. The van der Waals surface area contributed by atoms with Crippen molar-refractivity contribution in [3.05, 3.63) is 76.5 Å². The lowest BCUT2D eigenvalue weighted by Crippen LogP contribution is -2.56. The van der Waals surface area contributed by atoms with E-state index >= 15 is 0 Å². The van der Waals surface area contributed by atoms with Gasteiger partial charge in [0, 0.05) is 31.5 Å². The van der Waals surface area contributed by atoms with Crippen LogP contribution in [-0.2, 0) is 19.1 Å². The third-order valence-corrected chi connectivity index (χ3v) is 7.28. The van der Waals surface area contributed by atoms with Gasteiger partial charge in [-0.1, -0.05) is 6.07 Å². The molecule has 43 heavy (non-hydrogen) atoms. The molecule has 1 unspecified atom stereocenters. The highest BCUT2D eigenvalue weighted by Crippen LogP contribution is 2.34. The number of urea groups is 1. The molecule has 2 aliphatic rings. The highest BCUT2D eigenvalue weighted by Gasteiger charge is 2.41. The molecule has 15 heteroatoms. The Kier molecular flexibility index (Phi) is 13.7. The highest BCUT2D eigenvalue weighted by molar-refractivity contribution is 5.95. The Morgan fingerprint density at radius 1 is 1.14 bits per heavy atom. The van der Waals surface area contributed by atoms with E-state index in [1.807, 2.05) is 18.2 Å². The number of carbonyl (C=O) groups is 3. The number of piperidine rings is 1. The SMILES string of the molecule is COCC1=C(C(=O)OC)C(c2cc(F)c(F)c(F)c2)NC(=O)N1N(C=O)CCCN1CCC(c2ccccn2)CC1.Cl.Cl. The van der Waals surface area contributed by atoms with Gasteiger partial charge in [0.2, 0.25) is 6.41 Å². The number of halogens is 5. The molecule has 236 valence electrons. The van der Waals surface area contributed by atoms with Crippen molar-refractivity contribution in [2.75, 3.05) is 47.0 Å². The van der Waals surface area contributed by atoms with E-state index in [2.05, 4.69) is 15.2 Å². The van der Waals surface area contributed by atoms with E-state index < -0.39 is 35.5 Å². The normalized spacial score (nSPS) is 17.5. The standard InChI is InChI=1S/C28H32F3N5O5.2ClH/c1-40-16-23-24(27(38)41-2)26(19-14-20(29)25(31)21(30)15-19)33-28(39)36(23)35(17-37)11-5-10-34-12-7-18(8-13-34)22-6-3-4-9-32-22;;/h3-4,6,9,14-15,17-18,26H,5,7-8,10-13,16H2,1-2H3,(H,33,39);2*1H. The summed E-state index contributed by atoms with van der Waals surface area (Å²) in [4.78, 5) is 45.1. The molecule has 1 N–H and O–H groups in total. The van der Waals surface area contributed by atoms with Crippen molar-refractivity contribution in [3.63, 3.8) is 0 Å². The molecule has 3 amide bonds. The number of hydrogen-bond acceptors (Lipinski definition) is 7. The molecule has 4 rings (SSSR count). The largest absolute Gasteiger partial charge is 0.466 e. The number of aromatic nitrogens is 1. The van der Waals surface area contributed by atoms with Crippen molar-refractivity contribution in [1.82, 2.24) is 25.2 Å². The lowest BCUT2D eigenvalue weighted by Gasteiger charge is -2.40. The third-order valence-electron chi connectivity index (χ3n) is 7.28. The number of nitrogens with zero attached hydrogens (tertiary/aromatic N) is 4. The van der Waals surface area contributed by atoms with Crippen LogP contribution in [0.1, 0.15) is 42.5 Å². The van der Waals surface area contributed by atoms with Crippen LogP contribution in [-0.4, -0.2) is 85.3 Å². The molecule has 3 heterocycles. The summed E-state index contributed by atoms with van der Waals surface area (Å²) in [5.41, 5.74) is 0.582. The van der Waals surface area contributed by atoms with Crippen LogP contribution in [0.25, 0.3) is 0 Å². The fourth-order valence-corrected chi connectivity index (χ4v) is 5.27. The summed E-state index contributed by atoms with van der Waals surface area (Å²) in [6.07, 6.45) is 4.68. The minimum atomic E-state index is -1.69. The Balaban J connectivity index is 0.00000323. The van der Waals surface area contributed by atoms with Gasteiger partial charge in [0.1, 0.15) is 0 Å². The lowest BCUT2D eigenvalue weighted by atomic mass is 9.93. The number of benzene rings is 1. The average Bonchev–Trinajstić information content (AvgIpc) is 2.99. The Bertz CT molecular complexity index is 1280. The predicted octanol–water partition coefficient (Wildman–Crippen LogP) is 4.13. The van der Waals surface area contributed by atoms with E-state index in [4.69, 9.17) is 9.47 Å². The van der Waals surface area contributed by atoms with E-state index in [-0.39, 0.29) is 54.8 Å². The molecule has 2 aromatic rings. The summed E-state index contributed by atoms with van der Waals surface area (Å²) in [5, 5.41) is 4.55. The molecular formula is C28H34Cl2F3N5O5. The maximum atomic E-state index is 14.1. The van der Waals surface area contributed by atoms with E-state index in [1.165, 1.54) is 7.11 Å². The maximum absolute atomic E-state index is 14.1. The zero-order chi connectivity index (χ0) is 29.5. The minimum absolute atomic E-state index is 0. The molecule has 1 aromatic heterocycles. The van der Waals surface area contributed by atoms with Crippen LogP contribution in [0.5, 0.6) is 0 Å². The number of hydrogen-bond donors (Lipinski definition) is 1. The van der Waals surface area contributed by atoms with Gasteiger partial charge in [-0.15, -0.1) is 24.8 Å². The molecular weight excluding hydrogens is 614 g/mol. The Morgan fingerprint density at radius 2 is 1.81 bits per heavy atom. The Labute approximate surface area is 260 Å². The second kappa shape index (κ2) is 16.5. The smallest absolute Gasteiger partial charge is 0.341 e. The van der Waals surface area contributed by atoms with E-state index in [1.54, 1.807) is 6.20 Å². The van der Waals surface area contributed by atoms with Crippen molar-refractivity contribution in [2.24, 2.45) is 0 Å². The zero-order valence-electron chi connectivity index (χ0n) is 23.6.